The Balaban J connectivity index is 2.84. The first kappa shape index (κ1) is 13.0. The highest BCUT2D eigenvalue weighted by molar-refractivity contribution is 4.49. The van der Waals surface area contributed by atoms with Gasteiger partial charge in [-0.2, -0.15) is 0 Å². The van der Waals surface area contributed by atoms with Gasteiger partial charge in [0.15, 0.2) is 0 Å². The third kappa shape index (κ3) is 12.0. The van der Waals surface area contributed by atoms with Gasteiger partial charge in [0.25, 0.3) is 0 Å². The van der Waals surface area contributed by atoms with Gasteiger partial charge in [-0.15, -0.1) is 0 Å². The van der Waals surface area contributed by atoms with Crippen LogP contribution in [0.3, 0.4) is 0 Å². The second kappa shape index (κ2) is 10.0. The highest BCUT2D eigenvalue weighted by atomic mass is 14.8. The molecule has 0 atom stereocenters. The topological polar surface area (TPSA) is 12.0 Å². The molecule has 80 valence electrons. The Kier molecular flexibility index (Phi) is 10.0. The fourth-order valence-corrected chi connectivity index (χ4v) is 1.56. The Labute approximate surface area is 84.3 Å². The van der Waals surface area contributed by atoms with Crippen LogP contribution in [0.15, 0.2) is 0 Å². The molecule has 0 fully saturated rings. The van der Waals surface area contributed by atoms with E-state index >= 15 is 0 Å². The van der Waals surface area contributed by atoms with Crippen molar-refractivity contribution in [2.75, 3.05) is 13.6 Å². The molecule has 0 aromatic carbocycles. The summed E-state index contributed by atoms with van der Waals surface area (Å²) in [6.45, 7) is 5.81. The van der Waals surface area contributed by atoms with E-state index in [0.717, 1.165) is 5.92 Å². The van der Waals surface area contributed by atoms with Crippen molar-refractivity contribution in [3.05, 3.63) is 0 Å². The molecule has 0 heterocycles. The van der Waals surface area contributed by atoms with Crippen molar-refractivity contribution in [3.8, 4) is 0 Å². The quantitative estimate of drug-likeness (QED) is 0.541. The highest BCUT2D eigenvalue weighted by Crippen LogP contribution is 2.10. The van der Waals surface area contributed by atoms with Crippen molar-refractivity contribution in [2.24, 2.45) is 5.92 Å². The predicted octanol–water partition coefficient (Wildman–Crippen LogP) is 3.59. The molecular formula is C12H27N. The number of hydrogen-bond donors (Lipinski definition) is 1. The van der Waals surface area contributed by atoms with Gasteiger partial charge in [-0.25, -0.2) is 0 Å². The summed E-state index contributed by atoms with van der Waals surface area (Å²) in [6.07, 6.45) is 9.91. The first-order chi connectivity index (χ1) is 6.27. The Morgan fingerprint density at radius 2 is 1.38 bits per heavy atom. The van der Waals surface area contributed by atoms with E-state index < -0.39 is 0 Å². The van der Waals surface area contributed by atoms with Gasteiger partial charge >= 0.3 is 0 Å². The minimum atomic E-state index is 0.893. The molecular weight excluding hydrogens is 158 g/mol. The fourth-order valence-electron chi connectivity index (χ4n) is 1.56. The van der Waals surface area contributed by atoms with Gasteiger partial charge in [-0.3, -0.25) is 0 Å². The first-order valence-electron chi connectivity index (χ1n) is 5.92. The van der Waals surface area contributed by atoms with E-state index in [-0.39, 0.29) is 0 Å². The lowest BCUT2D eigenvalue weighted by Gasteiger charge is -2.04. The zero-order valence-corrected chi connectivity index (χ0v) is 9.73. The van der Waals surface area contributed by atoms with Crippen LogP contribution in [-0.2, 0) is 0 Å². The molecule has 0 amide bonds. The third-order valence-corrected chi connectivity index (χ3v) is 2.46. The van der Waals surface area contributed by atoms with E-state index in [9.17, 15) is 0 Å². The molecule has 1 N–H and O–H groups in total. The lowest BCUT2D eigenvalue weighted by Crippen LogP contribution is -2.06. The Morgan fingerprint density at radius 3 is 1.92 bits per heavy atom. The second-order valence-electron chi connectivity index (χ2n) is 4.41. The summed E-state index contributed by atoms with van der Waals surface area (Å²) in [6, 6.07) is 0. The normalized spacial score (nSPS) is 11.1. The minimum Gasteiger partial charge on any atom is -0.320 e. The number of rotatable bonds is 9. The zero-order chi connectivity index (χ0) is 9.94. The zero-order valence-electron chi connectivity index (χ0n) is 9.73. The van der Waals surface area contributed by atoms with Crippen molar-refractivity contribution in [1.82, 2.24) is 5.32 Å². The predicted molar refractivity (Wildman–Crippen MR) is 61.1 cm³/mol. The van der Waals surface area contributed by atoms with E-state index in [1.54, 1.807) is 0 Å². The van der Waals surface area contributed by atoms with Crippen LogP contribution < -0.4 is 5.32 Å². The summed E-state index contributed by atoms with van der Waals surface area (Å²) < 4.78 is 0. The molecule has 0 unspecified atom stereocenters. The Bertz CT molecular complexity index is 89.1. The van der Waals surface area contributed by atoms with Crippen LogP contribution in [0, 0.1) is 5.92 Å². The maximum absolute atomic E-state index is 3.18. The second-order valence-corrected chi connectivity index (χ2v) is 4.41. The summed E-state index contributed by atoms with van der Waals surface area (Å²) in [5, 5.41) is 3.18. The number of nitrogens with one attached hydrogen (secondary N) is 1. The molecule has 0 aliphatic heterocycles. The smallest absolute Gasteiger partial charge is 0.00519 e. The van der Waals surface area contributed by atoms with Gasteiger partial charge in [0.05, 0.1) is 0 Å². The van der Waals surface area contributed by atoms with Crippen molar-refractivity contribution in [2.45, 2.75) is 58.8 Å². The molecule has 0 rings (SSSR count). The molecule has 0 saturated carbocycles. The summed E-state index contributed by atoms with van der Waals surface area (Å²) >= 11 is 0. The van der Waals surface area contributed by atoms with Gasteiger partial charge in [0, 0.05) is 0 Å². The molecule has 0 aromatic rings. The van der Waals surface area contributed by atoms with E-state index in [4.69, 9.17) is 0 Å². The lowest BCUT2D eigenvalue weighted by atomic mass is 10.0. The summed E-state index contributed by atoms with van der Waals surface area (Å²) in [5.41, 5.74) is 0. The third-order valence-electron chi connectivity index (χ3n) is 2.46. The van der Waals surface area contributed by atoms with Gasteiger partial charge in [0.2, 0.25) is 0 Å². The van der Waals surface area contributed by atoms with Crippen LogP contribution in [0.4, 0.5) is 0 Å². The first-order valence-corrected chi connectivity index (χ1v) is 5.92. The lowest BCUT2D eigenvalue weighted by molar-refractivity contribution is 0.510. The molecule has 0 aliphatic rings. The molecule has 1 heteroatoms. The van der Waals surface area contributed by atoms with Crippen LogP contribution in [0.5, 0.6) is 0 Å². The Morgan fingerprint density at radius 1 is 0.846 bits per heavy atom. The van der Waals surface area contributed by atoms with Crippen LogP contribution in [0.2, 0.25) is 0 Å². The van der Waals surface area contributed by atoms with Crippen LogP contribution in [-0.4, -0.2) is 13.6 Å². The summed E-state index contributed by atoms with van der Waals surface area (Å²) in [5.74, 6) is 0.893. The van der Waals surface area contributed by atoms with Crippen LogP contribution in [0.25, 0.3) is 0 Å². The molecule has 0 spiro atoms. The van der Waals surface area contributed by atoms with Crippen molar-refractivity contribution < 1.29 is 0 Å². The molecule has 13 heavy (non-hydrogen) atoms. The number of hydrogen-bond acceptors (Lipinski definition) is 1. The van der Waals surface area contributed by atoms with Crippen molar-refractivity contribution in [1.29, 1.82) is 0 Å². The maximum atomic E-state index is 3.18. The van der Waals surface area contributed by atoms with Gasteiger partial charge in [-0.05, 0) is 25.9 Å². The van der Waals surface area contributed by atoms with Crippen molar-refractivity contribution >= 4 is 0 Å². The van der Waals surface area contributed by atoms with E-state index in [1.165, 1.54) is 51.5 Å². The monoisotopic (exact) mass is 185 g/mol. The SMILES string of the molecule is CNCCCCCCCCC(C)C. The van der Waals surface area contributed by atoms with Crippen LogP contribution >= 0.6 is 0 Å². The number of unbranched alkanes of at least 4 members (excludes halogenated alkanes) is 5. The molecule has 0 radical (unpaired) electrons. The molecule has 0 saturated heterocycles. The Hall–Kier alpha value is -0.0400. The van der Waals surface area contributed by atoms with Gasteiger partial charge in [-0.1, -0.05) is 52.4 Å². The van der Waals surface area contributed by atoms with E-state index in [2.05, 4.69) is 19.2 Å². The van der Waals surface area contributed by atoms with E-state index in [0.29, 0.717) is 0 Å². The molecule has 0 aromatic heterocycles. The van der Waals surface area contributed by atoms with Gasteiger partial charge < -0.3 is 5.32 Å². The minimum absolute atomic E-state index is 0.893. The van der Waals surface area contributed by atoms with Gasteiger partial charge in [0.1, 0.15) is 0 Å². The fraction of sp³-hybridized carbons (Fsp3) is 1.00. The molecule has 0 aliphatic carbocycles. The average Bonchev–Trinajstić information content (AvgIpc) is 2.09. The highest BCUT2D eigenvalue weighted by Gasteiger charge is 1.94. The molecule has 0 bridgehead atoms. The standard InChI is InChI=1S/C12H27N/c1-12(2)10-8-6-4-5-7-9-11-13-3/h12-13H,4-11H2,1-3H3. The van der Waals surface area contributed by atoms with Crippen molar-refractivity contribution in [3.63, 3.8) is 0 Å². The average molecular weight is 185 g/mol. The largest absolute Gasteiger partial charge is 0.320 e. The molecule has 1 nitrogen and oxygen atoms in total. The summed E-state index contributed by atoms with van der Waals surface area (Å²) in [7, 11) is 2.03. The van der Waals surface area contributed by atoms with Crippen LogP contribution in [0.1, 0.15) is 58.8 Å². The summed E-state index contributed by atoms with van der Waals surface area (Å²) in [4.78, 5) is 0. The maximum Gasteiger partial charge on any atom is -0.00519 e. The van der Waals surface area contributed by atoms with E-state index in [1.807, 2.05) is 7.05 Å².